The fourth-order valence-electron chi connectivity index (χ4n) is 4.74. The van der Waals surface area contributed by atoms with Crippen molar-refractivity contribution >= 4 is 20.9 Å². The number of sulfonamides is 1. The molecule has 1 atom stereocenters. The number of halogens is 1. The Bertz CT molecular complexity index is 1370. The minimum absolute atomic E-state index is 0.285. The van der Waals surface area contributed by atoms with Gasteiger partial charge in [-0.1, -0.05) is 36.4 Å². The van der Waals surface area contributed by atoms with Crippen molar-refractivity contribution in [3.8, 4) is 5.69 Å². The van der Waals surface area contributed by atoms with Crippen LogP contribution in [0.3, 0.4) is 0 Å². The van der Waals surface area contributed by atoms with Gasteiger partial charge in [-0.05, 0) is 60.4 Å². The number of aromatic nitrogens is 2. The molecule has 5 rings (SSSR count). The van der Waals surface area contributed by atoms with Crippen LogP contribution < -0.4 is 0 Å². The van der Waals surface area contributed by atoms with Crippen molar-refractivity contribution in [3.63, 3.8) is 0 Å². The molecule has 1 unspecified atom stereocenters. The third-order valence-corrected chi connectivity index (χ3v) is 7.67. The van der Waals surface area contributed by atoms with Gasteiger partial charge in [0.05, 0.1) is 23.7 Å². The average molecular weight is 450 g/mol. The van der Waals surface area contributed by atoms with Crippen molar-refractivity contribution in [2.75, 3.05) is 19.3 Å². The topological polar surface area (TPSA) is 55.2 Å². The van der Waals surface area contributed by atoms with Gasteiger partial charge in [0.1, 0.15) is 5.82 Å². The van der Waals surface area contributed by atoms with Crippen molar-refractivity contribution in [2.24, 2.45) is 0 Å². The highest BCUT2D eigenvalue weighted by atomic mass is 32.2. The molecule has 1 aromatic heterocycles. The molecule has 164 valence electrons. The lowest BCUT2D eigenvalue weighted by Crippen LogP contribution is -2.35. The molecule has 0 aliphatic carbocycles. The van der Waals surface area contributed by atoms with Crippen LogP contribution in [0.4, 0.5) is 4.39 Å². The molecule has 1 saturated heterocycles. The number of fused-ring (bicyclic) bond motifs is 1. The molecule has 3 aromatic carbocycles. The van der Waals surface area contributed by atoms with Gasteiger partial charge in [-0.3, -0.25) is 0 Å². The normalized spacial score (nSPS) is 19.6. The maximum atomic E-state index is 13.3. The van der Waals surface area contributed by atoms with Crippen LogP contribution in [0.25, 0.3) is 16.6 Å². The van der Waals surface area contributed by atoms with E-state index in [-0.39, 0.29) is 11.2 Å². The lowest BCUT2D eigenvalue weighted by molar-refractivity contribution is 0.417. The van der Waals surface area contributed by atoms with Crippen molar-refractivity contribution < 1.29 is 12.8 Å². The van der Waals surface area contributed by atoms with E-state index in [2.05, 4.69) is 29.4 Å². The second kappa shape index (κ2) is 7.83. The summed E-state index contributed by atoms with van der Waals surface area (Å²) in [6.07, 6.45) is 4.60. The Morgan fingerprint density at radius 1 is 1.03 bits per heavy atom. The summed E-state index contributed by atoms with van der Waals surface area (Å²) < 4.78 is 41.3. The van der Waals surface area contributed by atoms with Crippen molar-refractivity contribution in [3.05, 3.63) is 95.9 Å². The van der Waals surface area contributed by atoms with Crippen LogP contribution in [0.1, 0.15) is 17.5 Å². The highest BCUT2D eigenvalue weighted by molar-refractivity contribution is 7.88. The molecular formula is C25H24FN3O2S. The molecule has 0 radical (unpaired) electrons. The van der Waals surface area contributed by atoms with Crippen molar-refractivity contribution in [2.45, 2.75) is 18.3 Å². The second-order valence-corrected chi connectivity index (χ2v) is 10.6. The first-order valence-electron chi connectivity index (χ1n) is 10.6. The fourth-order valence-corrected chi connectivity index (χ4v) is 5.64. The molecule has 0 bridgehead atoms. The van der Waals surface area contributed by atoms with Gasteiger partial charge >= 0.3 is 0 Å². The highest BCUT2D eigenvalue weighted by Gasteiger charge is 2.42. The lowest BCUT2D eigenvalue weighted by atomic mass is 9.74. The highest BCUT2D eigenvalue weighted by Crippen LogP contribution is 2.40. The summed E-state index contributed by atoms with van der Waals surface area (Å²) in [4.78, 5) is 0. The zero-order valence-corrected chi connectivity index (χ0v) is 18.6. The maximum Gasteiger partial charge on any atom is 0.211 e. The second-order valence-electron chi connectivity index (χ2n) is 8.60. The van der Waals surface area contributed by atoms with E-state index in [4.69, 9.17) is 0 Å². The molecule has 0 spiro atoms. The summed E-state index contributed by atoms with van der Waals surface area (Å²) in [5.74, 6) is -0.285. The Kier molecular flexibility index (Phi) is 5.10. The van der Waals surface area contributed by atoms with E-state index in [1.165, 1.54) is 24.0 Å². The third kappa shape index (κ3) is 3.82. The maximum absolute atomic E-state index is 13.3. The Balaban J connectivity index is 1.57. The van der Waals surface area contributed by atoms with Gasteiger partial charge in [0.25, 0.3) is 0 Å². The number of hydrogen-bond acceptors (Lipinski definition) is 3. The Morgan fingerprint density at radius 3 is 2.47 bits per heavy atom. The number of rotatable bonds is 5. The first-order chi connectivity index (χ1) is 15.3. The monoisotopic (exact) mass is 449 g/mol. The van der Waals surface area contributed by atoms with Gasteiger partial charge in [-0.25, -0.2) is 21.8 Å². The molecule has 32 heavy (non-hydrogen) atoms. The standard InChI is InChI=1S/C25H24FN3O2S/c1-32(30,31)28-14-13-25(18-28,16-19-5-3-2-4-6-19)21-7-12-24-20(15-21)17-27-29(24)23-10-8-22(26)9-11-23/h2-12,15,17H,13-14,16,18H2,1H3. The first kappa shape index (κ1) is 20.8. The Hall–Kier alpha value is -3.03. The summed E-state index contributed by atoms with van der Waals surface area (Å²) in [6, 6.07) is 22.7. The molecule has 2 heterocycles. The molecule has 5 nitrogen and oxygen atoms in total. The van der Waals surface area contributed by atoms with E-state index < -0.39 is 10.0 Å². The van der Waals surface area contributed by atoms with Crippen LogP contribution in [0.5, 0.6) is 0 Å². The van der Waals surface area contributed by atoms with E-state index >= 15 is 0 Å². The van der Waals surface area contributed by atoms with Crippen LogP contribution in [0, 0.1) is 5.82 Å². The van der Waals surface area contributed by atoms with Gasteiger partial charge < -0.3 is 0 Å². The summed E-state index contributed by atoms with van der Waals surface area (Å²) in [5, 5.41) is 5.48. The van der Waals surface area contributed by atoms with Crippen LogP contribution in [-0.2, 0) is 21.9 Å². The smallest absolute Gasteiger partial charge is 0.211 e. The predicted octanol–water partition coefficient (Wildman–Crippen LogP) is 4.31. The van der Waals surface area contributed by atoms with Gasteiger partial charge in [0, 0.05) is 23.9 Å². The van der Waals surface area contributed by atoms with E-state index in [1.807, 2.05) is 30.5 Å². The SMILES string of the molecule is CS(=O)(=O)N1CCC(Cc2ccccc2)(c2ccc3c(cnn3-c3ccc(F)cc3)c2)C1. The summed E-state index contributed by atoms with van der Waals surface area (Å²) in [7, 11) is -3.27. The predicted molar refractivity (Wildman–Crippen MR) is 124 cm³/mol. The van der Waals surface area contributed by atoms with Crippen molar-refractivity contribution in [1.82, 2.24) is 14.1 Å². The molecule has 1 fully saturated rings. The lowest BCUT2D eigenvalue weighted by Gasteiger charge is -2.30. The van der Waals surface area contributed by atoms with Crippen LogP contribution in [0.15, 0.2) is 79.0 Å². The fraction of sp³-hybridized carbons (Fsp3) is 0.240. The minimum atomic E-state index is -3.27. The van der Waals surface area contributed by atoms with E-state index in [0.717, 1.165) is 35.0 Å². The summed E-state index contributed by atoms with van der Waals surface area (Å²) in [6.45, 7) is 0.969. The van der Waals surface area contributed by atoms with Gasteiger partial charge in [0.15, 0.2) is 0 Å². The van der Waals surface area contributed by atoms with Crippen LogP contribution in [-0.4, -0.2) is 41.8 Å². The summed E-state index contributed by atoms with van der Waals surface area (Å²) in [5.41, 5.74) is 3.70. The molecule has 4 aromatic rings. The van der Waals surface area contributed by atoms with E-state index in [1.54, 1.807) is 21.1 Å². The number of benzene rings is 3. The van der Waals surface area contributed by atoms with E-state index in [0.29, 0.717) is 13.1 Å². The Morgan fingerprint density at radius 2 is 1.78 bits per heavy atom. The number of hydrogen-bond donors (Lipinski definition) is 0. The third-order valence-electron chi connectivity index (χ3n) is 6.42. The molecule has 0 N–H and O–H groups in total. The molecular weight excluding hydrogens is 425 g/mol. The van der Waals surface area contributed by atoms with Gasteiger partial charge in [-0.15, -0.1) is 0 Å². The average Bonchev–Trinajstić information content (AvgIpc) is 3.40. The largest absolute Gasteiger partial charge is 0.233 e. The zero-order chi connectivity index (χ0) is 22.3. The molecule has 0 saturated carbocycles. The number of nitrogens with zero attached hydrogens (tertiary/aromatic N) is 3. The zero-order valence-electron chi connectivity index (χ0n) is 17.8. The first-order valence-corrected chi connectivity index (χ1v) is 12.4. The van der Waals surface area contributed by atoms with Crippen LogP contribution >= 0.6 is 0 Å². The van der Waals surface area contributed by atoms with Gasteiger partial charge in [-0.2, -0.15) is 5.10 Å². The van der Waals surface area contributed by atoms with Crippen molar-refractivity contribution in [1.29, 1.82) is 0 Å². The van der Waals surface area contributed by atoms with Crippen LogP contribution in [0.2, 0.25) is 0 Å². The van der Waals surface area contributed by atoms with Gasteiger partial charge in [0.2, 0.25) is 10.0 Å². The molecule has 7 heteroatoms. The molecule has 1 aliphatic heterocycles. The Labute approximate surface area is 187 Å². The molecule has 0 amide bonds. The summed E-state index contributed by atoms with van der Waals surface area (Å²) >= 11 is 0. The quantitative estimate of drug-likeness (QED) is 0.456. The van der Waals surface area contributed by atoms with E-state index in [9.17, 15) is 12.8 Å². The molecule has 1 aliphatic rings. The minimum Gasteiger partial charge on any atom is -0.233 e.